The van der Waals surface area contributed by atoms with Crippen LogP contribution >= 0.6 is 0 Å². The Morgan fingerprint density at radius 3 is 2.48 bits per heavy atom. The van der Waals surface area contributed by atoms with Crippen molar-refractivity contribution in [1.29, 1.82) is 0 Å². The first-order valence-corrected chi connectivity index (χ1v) is 9.42. The summed E-state index contributed by atoms with van der Waals surface area (Å²) >= 11 is 0. The summed E-state index contributed by atoms with van der Waals surface area (Å²) in [7, 11) is 3.21. The maximum atomic E-state index is 12.8. The van der Waals surface area contributed by atoms with Crippen LogP contribution in [-0.2, 0) is 6.42 Å². The normalized spacial score (nSPS) is 10.4. The number of anilines is 1. The number of benzene rings is 2. The Labute approximate surface area is 169 Å². The molecule has 0 saturated carbocycles. The van der Waals surface area contributed by atoms with Gasteiger partial charge in [0.15, 0.2) is 17.3 Å². The largest absolute Gasteiger partial charge is 0.494 e. The van der Waals surface area contributed by atoms with Crippen molar-refractivity contribution < 1.29 is 14.2 Å². The molecular formula is C22H25N3O4. The number of ether oxygens (including phenoxy) is 3. The van der Waals surface area contributed by atoms with Gasteiger partial charge in [-0.15, -0.1) is 0 Å². The first kappa shape index (κ1) is 20.3. The fraction of sp³-hybridized carbons (Fsp3) is 0.273. The first-order chi connectivity index (χ1) is 14.2. The first-order valence-electron chi connectivity index (χ1n) is 9.42. The van der Waals surface area contributed by atoms with Gasteiger partial charge in [0, 0.05) is 24.6 Å². The Morgan fingerprint density at radius 2 is 1.79 bits per heavy atom. The van der Waals surface area contributed by atoms with E-state index in [1.54, 1.807) is 31.2 Å². The Bertz CT molecular complexity index is 1000. The predicted molar refractivity (Wildman–Crippen MR) is 113 cm³/mol. The summed E-state index contributed by atoms with van der Waals surface area (Å²) in [6.07, 6.45) is 3.97. The molecule has 0 atom stereocenters. The van der Waals surface area contributed by atoms with Crippen LogP contribution in [0.1, 0.15) is 12.5 Å². The molecule has 0 amide bonds. The summed E-state index contributed by atoms with van der Waals surface area (Å²) in [5, 5.41) is 3.13. The van der Waals surface area contributed by atoms with Crippen molar-refractivity contribution in [3.63, 3.8) is 0 Å². The van der Waals surface area contributed by atoms with E-state index in [4.69, 9.17) is 14.2 Å². The van der Waals surface area contributed by atoms with Crippen LogP contribution in [0.4, 0.5) is 5.82 Å². The molecular weight excluding hydrogens is 370 g/mol. The van der Waals surface area contributed by atoms with Gasteiger partial charge in [-0.2, -0.15) is 0 Å². The molecule has 152 valence electrons. The van der Waals surface area contributed by atoms with Crippen molar-refractivity contribution in [3.05, 3.63) is 70.8 Å². The van der Waals surface area contributed by atoms with Gasteiger partial charge >= 0.3 is 0 Å². The van der Waals surface area contributed by atoms with Crippen LogP contribution in [0.15, 0.2) is 59.7 Å². The number of rotatable bonds is 9. The van der Waals surface area contributed by atoms with Gasteiger partial charge in [0.2, 0.25) is 0 Å². The fourth-order valence-electron chi connectivity index (χ4n) is 2.97. The molecule has 0 aliphatic carbocycles. The number of methoxy groups -OCH3 is 2. The van der Waals surface area contributed by atoms with E-state index in [0.717, 1.165) is 17.0 Å². The fourth-order valence-corrected chi connectivity index (χ4v) is 2.97. The molecule has 0 spiro atoms. The van der Waals surface area contributed by atoms with Gasteiger partial charge in [0.25, 0.3) is 5.56 Å². The molecule has 3 rings (SSSR count). The highest BCUT2D eigenvalue weighted by Crippen LogP contribution is 2.27. The molecule has 1 aromatic heterocycles. The second-order valence-electron chi connectivity index (χ2n) is 6.24. The summed E-state index contributed by atoms with van der Waals surface area (Å²) < 4.78 is 17.6. The molecule has 29 heavy (non-hydrogen) atoms. The SMILES string of the molecule is CCOc1ccc(-n2ccnc(NCCc3ccc(OC)c(OC)c3)c2=O)cc1. The van der Waals surface area contributed by atoms with E-state index in [2.05, 4.69) is 10.3 Å². The summed E-state index contributed by atoms with van der Waals surface area (Å²) in [6.45, 7) is 3.09. The summed E-state index contributed by atoms with van der Waals surface area (Å²) in [5.74, 6) is 2.45. The van der Waals surface area contributed by atoms with Gasteiger partial charge in [-0.1, -0.05) is 6.07 Å². The number of nitrogens with one attached hydrogen (secondary N) is 1. The molecule has 0 saturated heterocycles. The van der Waals surface area contributed by atoms with E-state index in [1.807, 2.05) is 49.4 Å². The Morgan fingerprint density at radius 1 is 1.03 bits per heavy atom. The van der Waals surface area contributed by atoms with Crippen LogP contribution in [-0.4, -0.2) is 36.9 Å². The van der Waals surface area contributed by atoms with Crippen molar-refractivity contribution >= 4 is 5.82 Å². The lowest BCUT2D eigenvalue weighted by atomic mass is 10.1. The summed E-state index contributed by atoms with van der Waals surface area (Å²) in [5.41, 5.74) is 1.62. The van der Waals surface area contributed by atoms with Crippen LogP contribution < -0.4 is 25.1 Å². The van der Waals surface area contributed by atoms with Crippen LogP contribution in [0.2, 0.25) is 0 Å². The zero-order valence-electron chi connectivity index (χ0n) is 16.8. The minimum Gasteiger partial charge on any atom is -0.494 e. The van der Waals surface area contributed by atoms with Crippen molar-refractivity contribution in [2.75, 3.05) is 32.7 Å². The number of nitrogens with zero attached hydrogens (tertiary/aromatic N) is 2. The van der Waals surface area contributed by atoms with E-state index in [9.17, 15) is 4.79 Å². The zero-order chi connectivity index (χ0) is 20.6. The predicted octanol–water partition coefficient (Wildman–Crippen LogP) is 3.30. The zero-order valence-corrected chi connectivity index (χ0v) is 16.8. The van der Waals surface area contributed by atoms with E-state index >= 15 is 0 Å². The quantitative estimate of drug-likeness (QED) is 0.599. The topological polar surface area (TPSA) is 74.6 Å². The van der Waals surface area contributed by atoms with Crippen LogP contribution in [0.5, 0.6) is 17.2 Å². The molecule has 2 aromatic carbocycles. The lowest BCUT2D eigenvalue weighted by Gasteiger charge is -2.11. The molecule has 0 bridgehead atoms. The average Bonchev–Trinajstić information content (AvgIpc) is 2.75. The molecule has 1 N–H and O–H groups in total. The molecule has 7 heteroatoms. The third-order valence-corrected chi connectivity index (χ3v) is 4.42. The molecule has 0 aliphatic heterocycles. The molecule has 0 unspecified atom stereocenters. The highest BCUT2D eigenvalue weighted by Gasteiger charge is 2.08. The third-order valence-electron chi connectivity index (χ3n) is 4.42. The molecule has 1 heterocycles. The second-order valence-corrected chi connectivity index (χ2v) is 6.24. The van der Waals surface area contributed by atoms with Gasteiger partial charge in [-0.05, 0) is 55.3 Å². The van der Waals surface area contributed by atoms with Crippen LogP contribution in [0, 0.1) is 0 Å². The van der Waals surface area contributed by atoms with E-state index < -0.39 is 0 Å². The highest BCUT2D eigenvalue weighted by atomic mass is 16.5. The van der Waals surface area contributed by atoms with Crippen molar-refractivity contribution in [2.24, 2.45) is 0 Å². The smallest absolute Gasteiger partial charge is 0.297 e. The van der Waals surface area contributed by atoms with Crippen molar-refractivity contribution in [2.45, 2.75) is 13.3 Å². The van der Waals surface area contributed by atoms with Gasteiger partial charge < -0.3 is 19.5 Å². The highest BCUT2D eigenvalue weighted by molar-refractivity contribution is 5.44. The molecule has 7 nitrogen and oxygen atoms in total. The van der Waals surface area contributed by atoms with Crippen LogP contribution in [0.3, 0.4) is 0 Å². The average molecular weight is 395 g/mol. The van der Waals surface area contributed by atoms with E-state index in [-0.39, 0.29) is 5.56 Å². The van der Waals surface area contributed by atoms with Gasteiger partial charge in [-0.25, -0.2) is 4.98 Å². The molecule has 0 fully saturated rings. The van der Waals surface area contributed by atoms with Crippen molar-refractivity contribution in [3.8, 4) is 22.9 Å². The van der Waals surface area contributed by atoms with Gasteiger partial charge in [0.05, 0.1) is 20.8 Å². The minimum absolute atomic E-state index is 0.205. The maximum Gasteiger partial charge on any atom is 0.297 e. The van der Waals surface area contributed by atoms with E-state index in [1.165, 1.54) is 0 Å². The second kappa shape index (κ2) is 9.64. The molecule has 0 radical (unpaired) electrons. The molecule has 3 aromatic rings. The monoisotopic (exact) mass is 395 g/mol. The summed E-state index contributed by atoms with van der Waals surface area (Å²) in [4.78, 5) is 17.0. The third kappa shape index (κ3) is 4.87. The van der Waals surface area contributed by atoms with Gasteiger partial charge in [-0.3, -0.25) is 9.36 Å². The number of hydrogen-bond acceptors (Lipinski definition) is 6. The Kier molecular flexibility index (Phi) is 6.73. The van der Waals surface area contributed by atoms with Gasteiger partial charge in [0.1, 0.15) is 5.75 Å². The summed E-state index contributed by atoms with van der Waals surface area (Å²) in [6, 6.07) is 13.1. The number of aromatic nitrogens is 2. The number of hydrogen-bond donors (Lipinski definition) is 1. The maximum absolute atomic E-state index is 12.8. The van der Waals surface area contributed by atoms with Crippen molar-refractivity contribution in [1.82, 2.24) is 9.55 Å². The standard InChI is InChI=1S/C22H25N3O4/c1-4-29-18-8-6-17(7-9-18)25-14-13-24-21(22(25)26)23-12-11-16-5-10-19(27-2)20(15-16)28-3/h5-10,13-15H,4,11-12H2,1-3H3,(H,23,24). The Hall–Kier alpha value is -3.48. The van der Waals surface area contributed by atoms with E-state index in [0.29, 0.717) is 36.9 Å². The molecule has 0 aliphatic rings. The lowest BCUT2D eigenvalue weighted by molar-refractivity contribution is 0.340. The van der Waals surface area contributed by atoms with Crippen LogP contribution in [0.25, 0.3) is 5.69 Å². The lowest BCUT2D eigenvalue weighted by Crippen LogP contribution is -2.24. The minimum atomic E-state index is -0.205. The Balaban J connectivity index is 1.69.